The Morgan fingerprint density at radius 1 is 1.20 bits per heavy atom. The van der Waals surface area contributed by atoms with Gasteiger partial charge in [0.05, 0.1) is 0 Å². The van der Waals surface area contributed by atoms with E-state index in [9.17, 15) is 18.0 Å². The molecule has 0 aliphatic rings. The summed E-state index contributed by atoms with van der Waals surface area (Å²) >= 11 is 1.15. The summed E-state index contributed by atoms with van der Waals surface area (Å²) < 4.78 is 36.8. The minimum Gasteiger partial charge on any atom is -0.461 e. The number of hydrogen-bond donors (Lipinski definition) is 0. The standard InChI is InChI=1S/C21H23NO6S2/c1-14-10-17-16(12-20(24)28-18(17)11-15(14)2)13-27-19(23)6-4-8-22(3)30(25,26)21-7-5-9-29-21/h5,7,9-12H,4,6,8,13H2,1-3H3. The number of carbonyl (C=O) groups excluding carboxylic acids is 1. The fourth-order valence-electron chi connectivity index (χ4n) is 2.96. The quantitative estimate of drug-likeness (QED) is 0.385. The Hall–Kier alpha value is -2.49. The average Bonchev–Trinajstić information content (AvgIpc) is 3.23. The van der Waals surface area contributed by atoms with Gasteiger partial charge in [-0.15, -0.1) is 11.3 Å². The first-order valence-corrected chi connectivity index (χ1v) is 11.7. The van der Waals surface area contributed by atoms with Crippen molar-refractivity contribution in [3.63, 3.8) is 0 Å². The molecule has 0 N–H and O–H groups in total. The van der Waals surface area contributed by atoms with E-state index in [-0.39, 0.29) is 23.8 Å². The molecule has 160 valence electrons. The molecular formula is C21H23NO6S2. The molecule has 0 fully saturated rings. The number of thiophene rings is 1. The van der Waals surface area contributed by atoms with Crippen LogP contribution in [0.1, 0.15) is 29.5 Å². The van der Waals surface area contributed by atoms with Crippen molar-refractivity contribution in [2.24, 2.45) is 0 Å². The zero-order valence-corrected chi connectivity index (χ0v) is 18.6. The molecule has 0 bridgehead atoms. The van der Waals surface area contributed by atoms with Gasteiger partial charge in [-0.25, -0.2) is 17.5 Å². The molecule has 2 aromatic heterocycles. The Morgan fingerprint density at radius 3 is 2.63 bits per heavy atom. The highest BCUT2D eigenvalue weighted by molar-refractivity contribution is 7.91. The van der Waals surface area contributed by atoms with Crippen LogP contribution in [0.25, 0.3) is 11.0 Å². The summed E-state index contributed by atoms with van der Waals surface area (Å²) in [6.45, 7) is 4.03. The number of hydrogen-bond acceptors (Lipinski definition) is 7. The molecule has 0 aliphatic heterocycles. The summed E-state index contributed by atoms with van der Waals surface area (Å²) in [6, 6.07) is 8.25. The van der Waals surface area contributed by atoms with Gasteiger partial charge in [0.25, 0.3) is 10.0 Å². The minimum absolute atomic E-state index is 0.0488. The van der Waals surface area contributed by atoms with Gasteiger partial charge in [-0.05, 0) is 55.0 Å². The molecule has 7 nitrogen and oxygen atoms in total. The van der Waals surface area contributed by atoms with Gasteiger partial charge in [0, 0.05) is 37.0 Å². The van der Waals surface area contributed by atoms with Gasteiger partial charge in [-0.2, -0.15) is 0 Å². The highest BCUT2D eigenvalue weighted by Crippen LogP contribution is 2.23. The molecule has 0 aliphatic carbocycles. The topological polar surface area (TPSA) is 93.9 Å². The second kappa shape index (κ2) is 9.11. The molecule has 0 radical (unpaired) electrons. The molecule has 9 heteroatoms. The van der Waals surface area contributed by atoms with Gasteiger partial charge in [0.2, 0.25) is 0 Å². The number of aryl methyl sites for hydroxylation is 2. The molecule has 0 spiro atoms. The first-order valence-electron chi connectivity index (χ1n) is 9.38. The maximum absolute atomic E-state index is 12.4. The number of rotatable bonds is 8. The summed E-state index contributed by atoms with van der Waals surface area (Å²) in [5, 5.41) is 2.43. The average molecular weight is 450 g/mol. The summed E-state index contributed by atoms with van der Waals surface area (Å²) in [7, 11) is -2.04. The number of esters is 1. The smallest absolute Gasteiger partial charge is 0.336 e. The second-order valence-corrected chi connectivity index (χ2v) is 10.3. The van der Waals surface area contributed by atoms with Crippen molar-refractivity contribution >= 4 is 38.3 Å². The number of fused-ring (bicyclic) bond motifs is 1. The van der Waals surface area contributed by atoms with Crippen molar-refractivity contribution in [3.05, 3.63) is 62.8 Å². The molecule has 2 heterocycles. The third-order valence-electron chi connectivity index (χ3n) is 4.85. The zero-order valence-electron chi connectivity index (χ0n) is 17.0. The third kappa shape index (κ3) is 4.97. The van der Waals surface area contributed by atoms with Crippen LogP contribution in [0.15, 0.2) is 49.1 Å². The Bertz CT molecular complexity index is 1210. The van der Waals surface area contributed by atoms with Crippen molar-refractivity contribution in [3.8, 4) is 0 Å². The zero-order chi connectivity index (χ0) is 21.9. The first-order chi connectivity index (χ1) is 14.2. The van der Waals surface area contributed by atoms with E-state index in [1.54, 1.807) is 23.6 Å². The highest BCUT2D eigenvalue weighted by atomic mass is 32.2. The van der Waals surface area contributed by atoms with Gasteiger partial charge in [-0.3, -0.25) is 4.79 Å². The van der Waals surface area contributed by atoms with E-state index < -0.39 is 21.6 Å². The molecule has 3 aromatic rings. The van der Waals surface area contributed by atoms with Crippen molar-refractivity contribution in [1.82, 2.24) is 4.31 Å². The largest absolute Gasteiger partial charge is 0.461 e. The number of ether oxygens (including phenoxy) is 1. The fraction of sp³-hybridized carbons (Fsp3) is 0.333. The van der Waals surface area contributed by atoms with E-state index in [1.165, 1.54) is 17.4 Å². The Labute approximate surface area is 178 Å². The van der Waals surface area contributed by atoms with Crippen molar-refractivity contribution < 1.29 is 22.4 Å². The Balaban J connectivity index is 1.58. The van der Waals surface area contributed by atoms with Crippen LogP contribution in [0, 0.1) is 13.8 Å². The molecular weight excluding hydrogens is 426 g/mol. The van der Waals surface area contributed by atoms with Gasteiger partial charge in [0.1, 0.15) is 16.4 Å². The van der Waals surface area contributed by atoms with Crippen LogP contribution < -0.4 is 5.63 Å². The predicted molar refractivity (Wildman–Crippen MR) is 115 cm³/mol. The molecule has 0 atom stereocenters. The molecule has 30 heavy (non-hydrogen) atoms. The minimum atomic E-state index is -3.53. The van der Waals surface area contributed by atoms with Gasteiger partial charge in [0.15, 0.2) is 0 Å². The maximum atomic E-state index is 12.4. The summed E-state index contributed by atoms with van der Waals surface area (Å²) in [4.78, 5) is 23.9. The van der Waals surface area contributed by atoms with E-state index >= 15 is 0 Å². The molecule has 3 rings (SSSR count). The van der Waals surface area contributed by atoms with Crippen LogP contribution in [0.3, 0.4) is 0 Å². The lowest BCUT2D eigenvalue weighted by Crippen LogP contribution is -2.27. The molecule has 0 unspecified atom stereocenters. The number of benzene rings is 1. The SMILES string of the molecule is Cc1cc2oc(=O)cc(COC(=O)CCCN(C)S(=O)(=O)c3cccs3)c2cc1C. The van der Waals surface area contributed by atoms with Crippen LogP contribution in [-0.4, -0.2) is 32.3 Å². The summed E-state index contributed by atoms with van der Waals surface area (Å²) in [5.74, 6) is -0.456. The molecule has 1 aromatic carbocycles. The van der Waals surface area contributed by atoms with Gasteiger partial charge < -0.3 is 9.15 Å². The van der Waals surface area contributed by atoms with E-state index in [0.717, 1.165) is 27.8 Å². The van der Waals surface area contributed by atoms with Crippen molar-refractivity contribution in [1.29, 1.82) is 0 Å². The van der Waals surface area contributed by atoms with E-state index in [2.05, 4.69) is 0 Å². The van der Waals surface area contributed by atoms with E-state index in [1.807, 2.05) is 19.9 Å². The molecule has 0 saturated heterocycles. The highest BCUT2D eigenvalue weighted by Gasteiger charge is 2.21. The third-order valence-corrected chi connectivity index (χ3v) is 8.08. The molecule has 0 amide bonds. The fourth-order valence-corrected chi connectivity index (χ4v) is 5.37. The Kier molecular flexibility index (Phi) is 6.74. The number of sulfonamides is 1. The second-order valence-electron chi connectivity index (χ2n) is 7.05. The lowest BCUT2D eigenvalue weighted by atomic mass is 10.0. The predicted octanol–water partition coefficient (Wildman–Crippen LogP) is 3.62. The van der Waals surface area contributed by atoms with Crippen LogP contribution >= 0.6 is 11.3 Å². The molecule has 0 saturated carbocycles. The van der Waals surface area contributed by atoms with Crippen LogP contribution in [0.5, 0.6) is 0 Å². The van der Waals surface area contributed by atoms with Gasteiger partial charge in [-0.1, -0.05) is 6.07 Å². The number of carbonyl (C=O) groups is 1. The summed E-state index contributed by atoms with van der Waals surface area (Å²) in [6.07, 6.45) is 0.401. The normalized spacial score (nSPS) is 11.9. The lowest BCUT2D eigenvalue weighted by Gasteiger charge is -2.15. The van der Waals surface area contributed by atoms with Crippen molar-refractivity contribution in [2.45, 2.75) is 37.5 Å². The van der Waals surface area contributed by atoms with E-state index in [0.29, 0.717) is 17.6 Å². The monoisotopic (exact) mass is 449 g/mol. The lowest BCUT2D eigenvalue weighted by molar-refractivity contribution is -0.145. The van der Waals surface area contributed by atoms with E-state index in [4.69, 9.17) is 9.15 Å². The van der Waals surface area contributed by atoms with Crippen LogP contribution in [-0.2, 0) is 26.2 Å². The first kappa shape index (κ1) is 22.2. The van der Waals surface area contributed by atoms with Crippen LogP contribution in [0.2, 0.25) is 0 Å². The number of nitrogens with zero attached hydrogens (tertiary/aromatic N) is 1. The Morgan fingerprint density at radius 2 is 1.93 bits per heavy atom. The van der Waals surface area contributed by atoms with Crippen molar-refractivity contribution in [2.75, 3.05) is 13.6 Å². The maximum Gasteiger partial charge on any atom is 0.336 e. The summed E-state index contributed by atoms with van der Waals surface area (Å²) in [5.41, 5.74) is 2.57. The van der Waals surface area contributed by atoms with Gasteiger partial charge >= 0.3 is 11.6 Å². The van der Waals surface area contributed by atoms with Crippen LogP contribution in [0.4, 0.5) is 0 Å².